The van der Waals surface area contributed by atoms with Gasteiger partial charge in [0.15, 0.2) is 0 Å². The third-order valence-corrected chi connectivity index (χ3v) is 5.19. The van der Waals surface area contributed by atoms with E-state index in [0.717, 1.165) is 24.8 Å². The zero-order valence-electron chi connectivity index (χ0n) is 9.06. The van der Waals surface area contributed by atoms with Crippen LogP contribution in [0.5, 0.6) is 0 Å². The maximum atomic E-state index is 12.1. The molecule has 3 unspecified atom stereocenters. The molecule has 2 rings (SSSR count). The Labute approximate surface area is 104 Å². The summed E-state index contributed by atoms with van der Waals surface area (Å²) < 4.78 is 12.1. The Morgan fingerprint density at radius 3 is 2.75 bits per heavy atom. The van der Waals surface area contributed by atoms with E-state index in [1.807, 2.05) is 24.3 Å². The van der Waals surface area contributed by atoms with Crippen molar-refractivity contribution in [1.82, 2.24) is 0 Å². The lowest BCUT2D eigenvalue weighted by Gasteiger charge is -2.10. The summed E-state index contributed by atoms with van der Waals surface area (Å²) in [5.41, 5.74) is 6.80. The van der Waals surface area contributed by atoms with Crippen LogP contribution >= 0.6 is 11.6 Å². The Bertz CT molecular complexity index is 396. The van der Waals surface area contributed by atoms with Crippen molar-refractivity contribution in [2.75, 3.05) is 0 Å². The topological polar surface area (TPSA) is 43.1 Å². The van der Waals surface area contributed by atoms with Crippen molar-refractivity contribution in [3.05, 3.63) is 34.9 Å². The van der Waals surface area contributed by atoms with E-state index in [0.29, 0.717) is 10.8 Å². The van der Waals surface area contributed by atoms with E-state index in [-0.39, 0.29) is 11.3 Å². The molecule has 0 amide bonds. The van der Waals surface area contributed by atoms with Gasteiger partial charge in [-0.3, -0.25) is 4.21 Å². The smallest absolute Gasteiger partial charge is 0.0503 e. The van der Waals surface area contributed by atoms with Crippen LogP contribution in [0.25, 0.3) is 0 Å². The predicted octanol–water partition coefficient (Wildman–Crippen LogP) is 2.47. The maximum absolute atomic E-state index is 12.1. The summed E-state index contributed by atoms with van der Waals surface area (Å²) in [5.74, 6) is 0.553. The maximum Gasteiger partial charge on any atom is 0.0503 e. The standard InChI is InChI=1S/C12H16ClNOS/c13-12-4-2-1-3-9(12)8-16(15)11-6-5-10(14)7-11/h1-4,10-11H,5-8,14H2. The van der Waals surface area contributed by atoms with Gasteiger partial charge in [-0.1, -0.05) is 29.8 Å². The van der Waals surface area contributed by atoms with Gasteiger partial charge in [0.25, 0.3) is 0 Å². The van der Waals surface area contributed by atoms with E-state index in [1.165, 1.54) is 0 Å². The summed E-state index contributed by atoms with van der Waals surface area (Å²) in [6.07, 6.45) is 2.87. The zero-order chi connectivity index (χ0) is 11.5. The number of halogens is 1. The van der Waals surface area contributed by atoms with Crippen LogP contribution in [0.3, 0.4) is 0 Å². The molecule has 1 aromatic carbocycles. The second-order valence-electron chi connectivity index (χ2n) is 4.31. The molecule has 0 saturated heterocycles. The van der Waals surface area contributed by atoms with Crippen LogP contribution in [0.1, 0.15) is 24.8 Å². The molecular weight excluding hydrogens is 242 g/mol. The molecule has 4 heteroatoms. The fourth-order valence-electron chi connectivity index (χ4n) is 2.10. The van der Waals surface area contributed by atoms with Crippen molar-refractivity contribution in [2.45, 2.75) is 36.3 Å². The van der Waals surface area contributed by atoms with Gasteiger partial charge in [0, 0.05) is 27.1 Å². The lowest BCUT2D eigenvalue weighted by atomic mass is 10.2. The lowest BCUT2D eigenvalue weighted by molar-refractivity contribution is 0.664. The van der Waals surface area contributed by atoms with Gasteiger partial charge >= 0.3 is 0 Å². The lowest BCUT2D eigenvalue weighted by Crippen LogP contribution is -2.19. The molecule has 3 atom stereocenters. The van der Waals surface area contributed by atoms with Gasteiger partial charge in [-0.2, -0.15) is 0 Å². The number of hydrogen-bond acceptors (Lipinski definition) is 2. The first-order valence-corrected chi connectivity index (χ1v) is 7.29. The molecule has 1 aromatic rings. The molecule has 16 heavy (non-hydrogen) atoms. The highest BCUT2D eigenvalue weighted by Crippen LogP contribution is 2.25. The van der Waals surface area contributed by atoms with Crippen LogP contribution in [0.4, 0.5) is 0 Å². The van der Waals surface area contributed by atoms with Crippen molar-refractivity contribution in [1.29, 1.82) is 0 Å². The van der Waals surface area contributed by atoms with Gasteiger partial charge < -0.3 is 5.73 Å². The van der Waals surface area contributed by atoms with Crippen molar-refractivity contribution in [3.63, 3.8) is 0 Å². The van der Waals surface area contributed by atoms with Gasteiger partial charge in [0.1, 0.15) is 0 Å². The van der Waals surface area contributed by atoms with Gasteiger partial charge in [0.2, 0.25) is 0 Å². The SMILES string of the molecule is NC1CCC(S(=O)Cc2ccccc2Cl)C1. The summed E-state index contributed by atoms with van der Waals surface area (Å²) in [4.78, 5) is 0. The average Bonchev–Trinajstić information content (AvgIpc) is 2.68. The van der Waals surface area contributed by atoms with Crippen LogP contribution in [0.2, 0.25) is 5.02 Å². The first-order chi connectivity index (χ1) is 7.66. The molecule has 0 aromatic heterocycles. The average molecular weight is 258 g/mol. The van der Waals surface area contributed by atoms with Crippen LogP contribution in [-0.2, 0) is 16.6 Å². The monoisotopic (exact) mass is 257 g/mol. The van der Waals surface area contributed by atoms with Crippen molar-refractivity contribution < 1.29 is 4.21 Å². The second kappa shape index (κ2) is 5.30. The highest BCUT2D eigenvalue weighted by atomic mass is 35.5. The first-order valence-electron chi connectivity index (χ1n) is 5.53. The normalized spacial score (nSPS) is 26.9. The Morgan fingerprint density at radius 2 is 2.12 bits per heavy atom. The van der Waals surface area contributed by atoms with Crippen molar-refractivity contribution >= 4 is 22.4 Å². The minimum Gasteiger partial charge on any atom is -0.328 e. The van der Waals surface area contributed by atoms with Crippen molar-refractivity contribution in [3.8, 4) is 0 Å². The molecule has 2 N–H and O–H groups in total. The zero-order valence-corrected chi connectivity index (χ0v) is 10.6. The molecule has 0 bridgehead atoms. The Hall–Kier alpha value is -0.380. The summed E-state index contributed by atoms with van der Waals surface area (Å²) >= 11 is 6.04. The van der Waals surface area contributed by atoms with E-state index >= 15 is 0 Å². The van der Waals surface area contributed by atoms with Crippen LogP contribution in [0.15, 0.2) is 24.3 Å². The largest absolute Gasteiger partial charge is 0.328 e. The van der Waals surface area contributed by atoms with Gasteiger partial charge in [-0.05, 0) is 30.9 Å². The summed E-state index contributed by atoms with van der Waals surface area (Å²) in [7, 11) is -0.842. The highest BCUT2D eigenvalue weighted by Gasteiger charge is 2.26. The Kier molecular flexibility index (Phi) is 4.00. The summed E-state index contributed by atoms with van der Waals surface area (Å²) in [6, 6.07) is 7.84. The van der Waals surface area contributed by atoms with E-state index in [2.05, 4.69) is 0 Å². The molecule has 0 radical (unpaired) electrons. The highest BCUT2D eigenvalue weighted by molar-refractivity contribution is 7.84. The Morgan fingerprint density at radius 1 is 1.38 bits per heavy atom. The molecule has 1 fully saturated rings. The molecule has 1 saturated carbocycles. The molecular formula is C12H16ClNOS. The van der Waals surface area contributed by atoms with E-state index in [9.17, 15) is 4.21 Å². The molecule has 88 valence electrons. The molecule has 2 nitrogen and oxygen atoms in total. The second-order valence-corrected chi connectivity index (χ2v) is 6.44. The Balaban J connectivity index is 2.00. The van der Waals surface area contributed by atoms with Crippen molar-refractivity contribution in [2.24, 2.45) is 5.73 Å². The molecule has 1 aliphatic carbocycles. The van der Waals surface area contributed by atoms with Crippen LogP contribution in [0, 0.1) is 0 Å². The van der Waals surface area contributed by atoms with Gasteiger partial charge in [-0.25, -0.2) is 0 Å². The molecule has 0 aliphatic heterocycles. The van der Waals surface area contributed by atoms with Crippen LogP contribution in [-0.4, -0.2) is 15.5 Å². The number of hydrogen-bond donors (Lipinski definition) is 1. The number of nitrogens with two attached hydrogens (primary N) is 1. The molecule has 0 spiro atoms. The number of rotatable bonds is 3. The summed E-state index contributed by atoms with van der Waals surface area (Å²) in [5, 5.41) is 0.962. The predicted molar refractivity (Wildman–Crippen MR) is 68.9 cm³/mol. The number of benzene rings is 1. The quantitative estimate of drug-likeness (QED) is 0.904. The minimum absolute atomic E-state index is 0.236. The van der Waals surface area contributed by atoms with Gasteiger partial charge in [-0.15, -0.1) is 0 Å². The first kappa shape index (κ1) is 12.1. The van der Waals surface area contributed by atoms with E-state index < -0.39 is 10.8 Å². The van der Waals surface area contributed by atoms with E-state index in [4.69, 9.17) is 17.3 Å². The summed E-state index contributed by atoms with van der Waals surface area (Å²) in [6.45, 7) is 0. The van der Waals surface area contributed by atoms with Crippen LogP contribution < -0.4 is 5.73 Å². The third-order valence-electron chi connectivity index (χ3n) is 3.05. The third kappa shape index (κ3) is 2.84. The fraction of sp³-hybridized carbons (Fsp3) is 0.500. The van der Waals surface area contributed by atoms with Gasteiger partial charge in [0.05, 0.1) is 5.75 Å². The molecule has 0 heterocycles. The fourth-order valence-corrected chi connectivity index (χ4v) is 4.04. The molecule has 1 aliphatic rings. The minimum atomic E-state index is -0.842. The van der Waals surface area contributed by atoms with E-state index in [1.54, 1.807) is 0 Å².